The van der Waals surface area contributed by atoms with Gasteiger partial charge in [0.05, 0.1) is 18.7 Å². The number of ether oxygens (including phenoxy) is 1. The molecule has 0 amide bonds. The summed E-state index contributed by atoms with van der Waals surface area (Å²) >= 11 is 1.65. The van der Waals surface area contributed by atoms with Gasteiger partial charge in [-0.1, -0.05) is 65.8 Å². The standard InChI is InChI=1S/C24H19NO3S/c1-27-18-13-11-16(12-14-18)21-22(17-7-3-2-4-8-17)25-28-24(21)15-29-20-10-6-5-9-19(20)23(24)26/h2-14,21H,15H2,1H3. The summed E-state index contributed by atoms with van der Waals surface area (Å²) in [6, 6.07) is 25.5. The van der Waals surface area contributed by atoms with Gasteiger partial charge in [0, 0.05) is 21.8 Å². The Labute approximate surface area is 173 Å². The number of thioether (sulfide) groups is 1. The maximum absolute atomic E-state index is 13.7. The highest BCUT2D eigenvalue weighted by atomic mass is 32.2. The van der Waals surface area contributed by atoms with Crippen LogP contribution in [0.25, 0.3) is 0 Å². The maximum Gasteiger partial charge on any atom is 0.221 e. The van der Waals surface area contributed by atoms with Crippen LogP contribution >= 0.6 is 11.8 Å². The summed E-state index contributed by atoms with van der Waals surface area (Å²) in [5, 5.41) is 4.46. The molecule has 2 unspecified atom stereocenters. The highest BCUT2D eigenvalue weighted by molar-refractivity contribution is 7.99. The van der Waals surface area contributed by atoms with E-state index in [-0.39, 0.29) is 11.7 Å². The largest absolute Gasteiger partial charge is 0.497 e. The third-order valence-electron chi connectivity index (χ3n) is 5.52. The van der Waals surface area contributed by atoms with Crippen molar-refractivity contribution < 1.29 is 14.4 Å². The number of fused-ring (bicyclic) bond motifs is 1. The van der Waals surface area contributed by atoms with Crippen molar-refractivity contribution >= 4 is 23.3 Å². The molecular formula is C24H19NO3S. The average molecular weight is 401 g/mol. The zero-order chi connectivity index (χ0) is 19.8. The van der Waals surface area contributed by atoms with E-state index in [2.05, 4.69) is 5.16 Å². The molecule has 5 heteroatoms. The van der Waals surface area contributed by atoms with Crippen molar-refractivity contribution in [2.24, 2.45) is 5.16 Å². The molecule has 3 aromatic rings. The Morgan fingerprint density at radius 2 is 1.72 bits per heavy atom. The molecule has 144 valence electrons. The molecule has 2 aliphatic rings. The number of carbonyl (C=O) groups is 1. The van der Waals surface area contributed by atoms with Crippen LogP contribution in [-0.2, 0) is 4.84 Å². The minimum atomic E-state index is -1.06. The van der Waals surface area contributed by atoms with Crippen molar-refractivity contribution in [3.8, 4) is 5.75 Å². The fourth-order valence-corrected chi connectivity index (χ4v) is 5.26. The number of oxime groups is 1. The first-order chi connectivity index (χ1) is 14.2. The van der Waals surface area contributed by atoms with E-state index in [1.807, 2.05) is 78.9 Å². The van der Waals surface area contributed by atoms with Crippen molar-refractivity contribution in [3.05, 3.63) is 95.6 Å². The molecule has 0 saturated heterocycles. The summed E-state index contributed by atoms with van der Waals surface area (Å²) in [5.74, 6) is 0.973. The van der Waals surface area contributed by atoms with Crippen molar-refractivity contribution in [2.75, 3.05) is 12.9 Å². The smallest absolute Gasteiger partial charge is 0.221 e. The summed E-state index contributed by atoms with van der Waals surface area (Å²) in [4.78, 5) is 20.7. The molecule has 0 aliphatic carbocycles. The fourth-order valence-electron chi connectivity index (χ4n) is 4.05. The van der Waals surface area contributed by atoms with Crippen LogP contribution in [0.4, 0.5) is 0 Å². The van der Waals surface area contributed by atoms with Gasteiger partial charge in [0.1, 0.15) is 5.75 Å². The lowest BCUT2D eigenvalue weighted by molar-refractivity contribution is 0.000692. The second-order valence-corrected chi connectivity index (χ2v) is 8.16. The molecule has 2 heterocycles. The van der Waals surface area contributed by atoms with Gasteiger partial charge in [0.25, 0.3) is 0 Å². The average Bonchev–Trinajstić information content (AvgIpc) is 3.17. The number of Topliss-reactive ketones (excluding diaryl/α,β-unsaturated/α-hetero) is 1. The SMILES string of the molecule is COc1ccc(C2C(c3ccccc3)=NOC23CSc2ccccc2C3=O)cc1. The quantitative estimate of drug-likeness (QED) is 0.624. The van der Waals surface area contributed by atoms with Crippen LogP contribution in [0.2, 0.25) is 0 Å². The van der Waals surface area contributed by atoms with Gasteiger partial charge in [-0.3, -0.25) is 4.79 Å². The molecule has 4 nitrogen and oxygen atoms in total. The Morgan fingerprint density at radius 3 is 2.48 bits per heavy atom. The minimum absolute atomic E-state index is 0.0117. The Morgan fingerprint density at radius 1 is 1.00 bits per heavy atom. The molecule has 0 fully saturated rings. The molecule has 0 N–H and O–H groups in total. The van der Waals surface area contributed by atoms with Crippen LogP contribution in [0.3, 0.4) is 0 Å². The molecule has 2 aliphatic heterocycles. The Hall–Kier alpha value is -3.05. The second-order valence-electron chi connectivity index (χ2n) is 7.14. The predicted octanol–water partition coefficient (Wildman–Crippen LogP) is 4.94. The maximum atomic E-state index is 13.7. The van der Waals surface area contributed by atoms with E-state index in [1.54, 1.807) is 18.9 Å². The van der Waals surface area contributed by atoms with Crippen molar-refractivity contribution in [1.82, 2.24) is 0 Å². The third-order valence-corrected chi connectivity index (χ3v) is 6.76. The zero-order valence-electron chi connectivity index (χ0n) is 15.9. The highest BCUT2D eigenvalue weighted by Gasteiger charge is 2.57. The van der Waals surface area contributed by atoms with Gasteiger partial charge in [0.2, 0.25) is 11.4 Å². The molecule has 29 heavy (non-hydrogen) atoms. The fraction of sp³-hybridized carbons (Fsp3) is 0.167. The summed E-state index contributed by atoms with van der Waals surface area (Å²) in [5.41, 5.74) is 2.37. The highest BCUT2D eigenvalue weighted by Crippen LogP contribution is 2.49. The lowest BCUT2D eigenvalue weighted by atomic mass is 9.74. The molecule has 0 bridgehead atoms. The number of methoxy groups -OCH3 is 1. The normalized spacial score (nSPS) is 22.7. The van der Waals surface area contributed by atoms with E-state index in [4.69, 9.17) is 9.57 Å². The summed E-state index contributed by atoms with van der Waals surface area (Å²) in [6.07, 6.45) is 0. The van der Waals surface area contributed by atoms with E-state index >= 15 is 0 Å². The molecule has 0 radical (unpaired) electrons. The van der Waals surface area contributed by atoms with E-state index in [0.717, 1.165) is 27.5 Å². The lowest BCUT2D eigenvalue weighted by Crippen LogP contribution is -2.49. The van der Waals surface area contributed by atoms with Crippen LogP contribution in [0.1, 0.15) is 27.4 Å². The number of hydrogen-bond donors (Lipinski definition) is 0. The molecule has 0 saturated carbocycles. The molecule has 3 aromatic carbocycles. The number of nitrogens with zero attached hydrogens (tertiary/aromatic N) is 1. The summed E-state index contributed by atoms with van der Waals surface area (Å²) in [6.45, 7) is 0. The van der Waals surface area contributed by atoms with E-state index in [1.165, 1.54) is 0 Å². The van der Waals surface area contributed by atoms with E-state index in [0.29, 0.717) is 11.3 Å². The minimum Gasteiger partial charge on any atom is -0.497 e. The van der Waals surface area contributed by atoms with Crippen LogP contribution in [-0.4, -0.2) is 30.0 Å². The molecule has 2 atom stereocenters. The zero-order valence-corrected chi connectivity index (χ0v) is 16.7. The second kappa shape index (κ2) is 7.08. The van der Waals surface area contributed by atoms with Crippen LogP contribution in [0.5, 0.6) is 5.75 Å². The molecule has 0 aromatic heterocycles. The number of hydrogen-bond acceptors (Lipinski definition) is 5. The van der Waals surface area contributed by atoms with E-state index < -0.39 is 5.60 Å². The summed E-state index contributed by atoms with van der Waals surface area (Å²) in [7, 11) is 1.64. The van der Waals surface area contributed by atoms with Crippen molar-refractivity contribution in [2.45, 2.75) is 16.4 Å². The van der Waals surface area contributed by atoms with Crippen molar-refractivity contribution in [1.29, 1.82) is 0 Å². The topological polar surface area (TPSA) is 47.9 Å². The van der Waals surface area contributed by atoms with Gasteiger partial charge in [-0.25, -0.2) is 0 Å². The van der Waals surface area contributed by atoms with Gasteiger partial charge in [0.15, 0.2) is 0 Å². The lowest BCUT2D eigenvalue weighted by Gasteiger charge is -2.35. The molecular weight excluding hydrogens is 382 g/mol. The Kier molecular flexibility index (Phi) is 4.40. The van der Waals surface area contributed by atoms with E-state index in [9.17, 15) is 4.79 Å². The number of benzene rings is 3. The van der Waals surface area contributed by atoms with Crippen LogP contribution < -0.4 is 4.74 Å². The first-order valence-electron chi connectivity index (χ1n) is 9.45. The van der Waals surface area contributed by atoms with Crippen LogP contribution in [0.15, 0.2) is 88.9 Å². The van der Waals surface area contributed by atoms with Gasteiger partial charge < -0.3 is 9.57 Å². The number of carbonyl (C=O) groups excluding carboxylic acids is 1. The van der Waals surface area contributed by atoms with Gasteiger partial charge in [-0.2, -0.15) is 0 Å². The Bertz CT molecular complexity index is 1090. The van der Waals surface area contributed by atoms with Crippen LogP contribution in [0, 0.1) is 0 Å². The summed E-state index contributed by atoms with van der Waals surface area (Å²) < 4.78 is 5.32. The first kappa shape index (κ1) is 18.0. The number of rotatable bonds is 3. The van der Waals surface area contributed by atoms with Crippen molar-refractivity contribution in [3.63, 3.8) is 0 Å². The monoisotopic (exact) mass is 401 g/mol. The first-order valence-corrected chi connectivity index (χ1v) is 10.4. The predicted molar refractivity (Wildman–Crippen MR) is 114 cm³/mol. The molecule has 1 spiro atoms. The van der Waals surface area contributed by atoms with Gasteiger partial charge in [-0.15, -0.1) is 11.8 Å². The number of ketones is 1. The third kappa shape index (κ3) is 2.85. The Balaban J connectivity index is 1.65. The van der Waals surface area contributed by atoms with Gasteiger partial charge >= 0.3 is 0 Å². The molecule has 5 rings (SSSR count). The van der Waals surface area contributed by atoms with Gasteiger partial charge in [-0.05, 0) is 23.8 Å².